The van der Waals surface area contributed by atoms with E-state index in [1.54, 1.807) is 19.3 Å². The number of aromatic nitrogens is 2. The molecule has 1 rings (SSSR count). The minimum absolute atomic E-state index is 0.0548. The maximum atomic E-state index is 11.1. The Bertz CT molecular complexity index is 218. The predicted molar refractivity (Wildman–Crippen MR) is 41.3 cm³/mol. The molecule has 0 bridgehead atoms. The second-order valence-electron chi connectivity index (χ2n) is 1.98. The highest BCUT2D eigenvalue weighted by Crippen LogP contribution is 1.97. The summed E-state index contributed by atoms with van der Waals surface area (Å²) in [5, 5.41) is -0.269. The molecular formula is C6H8N2OS. The molecule has 4 heteroatoms. The average Bonchev–Trinajstić information content (AvgIpc) is 2.36. The SMILES string of the molecule is CC(S)C(=O)n1ccnc1. The van der Waals surface area contributed by atoms with Gasteiger partial charge in [-0.1, -0.05) is 0 Å². The monoisotopic (exact) mass is 156 g/mol. The molecule has 1 aromatic rings. The summed E-state index contributed by atoms with van der Waals surface area (Å²) in [6, 6.07) is 0. The van der Waals surface area contributed by atoms with E-state index in [0.717, 1.165) is 0 Å². The molecule has 1 atom stereocenters. The van der Waals surface area contributed by atoms with Crippen molar-refractivity contribution in [1.82, 2.24) is 9.55 Å². The molecule has 54 valence electrons. The Kier molecular flexibility index (Phi) is 2.11. The molecule has 1 heterocycles. The quantitative estimate of drug-likeness (QED) is 0.611. The van der Waals surface area contributed by atoms with Crippen molar-refractivity contribution in [3.8, 4) is 0 Å². The van der Waals surface area contributed by atoms with Crippen LogP contribution in [0.2, 0.25) is 0 Å². The van der Waals surface area contributed by atoms with Crippen LogP contribution in [0.1, 0.15) is 11.7 Å². The zero-order valence-electron chi connectivity index (χ0n) is 5.56. The van der Waals surface area contributed by atoms with E-state index < -0.39 is 0 Å². The second kappa shape index (κ2) is 2.88. The fraction of sp³-hybridized carbons (Fsp3) is 0.333. The van der Waals surface area contributed by atoms with Crippen LogP contribution in [-0.2, 0) is 0 Å². The topological polar surface area (TPSA) is 34.9 Å². The zero-order chi connectivity index (χ0) is 7.56. The van der Waals surface area contributed by atoms with Gasteiger partial charge in [0.2, 0.25) is 5.91 Å². The highest BCUT2D eigenvalue weighted by molar-refractivity contribution is 7.81. The van der Waals surface area contributed by atoms with Gasteiger partial charge in [-0.25, -0.2) is 4.98 Å². The fourth-order valence-electron chi connectivity index (χ4n) is 0.605. The average molecular weight is 156 g/mol. The third-order valence-corrected chi connectivity index (χ3v) is 1.34. The minimum atomic E-state index is -0.269. The Morgan fingerprint density at radius 2 is 2.50 bits per heavy atom. The van der Waals surface area contributed by atoms with Crippen LogP contribution in [-0.4, -0.2) is 20.7 Å². The largest absolute Gasteiger partial charge is 0.275 e. The van der Waals surface area contributed by atoms with Crippen molar-refractivity contribution in [3.63, 3.8) is 0 Å². The lowest BCUT2D eigenvalue weighted by Gasteiger charge is -2.01. The summed E-state index contributed by atoms with van der Waals surface area (Å²) < 4.78 is 1.41. The van der Waals surface area contributed by atoms with E-state index in [1.807, 2.05) is 0 Å². The van der Waals surface area contributed by atoms with Gasteiger partial charge in [0.25, 0.3) is 0 Å². The molecule has 0 saturated carbocycles. The standard InChI is InChI=1S/C6H8N2OS/c1-5(10)6(9)8-3-2-7-4-8/h2-5,10H,1H3. The number of carbonyl (C=O) groups is 1. The van der Waals surface area contributed by atoms with Gasteiger partial charge in [-0.15, -0.1) is 0 Å². The van der Waals surface area contributed by atoms with E-state index in [9.17, 15) is 4.79 Å². The first-order chi connectivity index (χ1) is 4.72. The molecule has 0 saturated heterocycles. The van der Waals surface area contributed by atoms with Gasteiger partial charge in [0.05, 0.1) is 5.25 Å². The van der Waals surface area contributed by atoms with Crippen LogP contribution in [0.25, 0.3) is 0 Å². The van der Waals surface area contributed by atoms with E-state index in [-0.39, 0.29) is 11.2 Å². The van der Waals surface area contributed by atoms with E-state index in [0.29, 0.717) is 0 Å². The summed E-state index contributed by atoms with van der Waals surface area (Å²) in [5.41, 5.74) is 0. The minimum Gasteiger partial charge on any atom is -0.275 e. The molecule has 0 radical (unpaired) electrons. The van der Waals surface area contributed by atoms with Crippen molar-refractivity contribution in [3.05, 3.63) is 18.7 Å². The fourth-order valence-corrected chi connectivity index (χ4v) is 0.739. The van der Waals surface area contributed by atoms with Crippen molar-refractivity contribution in [2.45, 2.75) is 12.2 Å². The van der Waals surface area contributed by atoms with Crippen molar-refractivity contribution >= 4 is 18.5 Å². The lowest BCUT2D eigenvalue weighted by Crippen LogP contribution is -2.17. The number of carbonyl (C=O) groups excluding carboxylic acids is 1. The summed E-state index contributed by atoms with van der Waals surface area (Å²) in [6.45, 7) is 1.73. The Morgan fingerprint density at radius 3 is 2.90 bits per heavy atom. The highest BCUT2D eigenvalue weighted by Gasteiger charge is 2.08. The third kappa shape index (κ3) is 1.39. The third-order valence-electron chi connectivity index (χ3n) is 1.12. The van der Waals surface area contributed by atoms with Gasteiger partial charge < -0.3 is 0 Å². The van der Waals surface area contributed by atoms with Crippen molar-refractivity contribution in [2.24, 2.45) is 0 Å². The summed E-state index contributed by atoms with van der Waals surface area (Å²) in [5.74, 6) is -0.0548. The van der Waals surface area contributed by atoms with Crippen molar-refractivity contribution in [2.75, 3.05) is 0 Å². The number of hydrogen-bond acceptors (Lipinski definition) is 3. The van der Waals surface area contributed by atoms with E-state index in [1.165, 1.54) is 10.9 Å². The summed E-state index contributed by atoms with van der Waals surface area (Å²) in [7, 11) is 0. The van der Waals surface area contributed by atoms with Gasteiger partial charge in [0.15, 0.2) is 0 Å². The number of hydrogen-bond donors (Lipinski definition) is 1. The number of rotatable bonds is 1. The van der Waals surface area contributed by atoms with Crippen LogP contribution >= 0.6 is 12.6 Å². The first-order valence-corrected chi connectivity index (χ1v) is 3.43. The first kappa shape index (κ1) is 7.34. The highest BCUT2D eigenvalue weighted by atomic mass is 32.1. The maximum absolute atomic E-state index is 11.1. The van der Waals surface area contributed by atoms with Crippen LogP contribution in [0.4, 0.5) is 0 Å². The molecule has 0 amide bonds. The van der Waals surface area contributed by atoms with Gasteiger partial charge >= 0.3 is 0 Å². The lowest BCUT2D eigenvalue weighted by molar-refractivity contribution is 0.0915. The molecule has 0 aliphatic heterocycles. The molecule has 0 N–H and O–H groups in total. The first-order valence-electron chi connectivity index (χ1n) is 2.92. The second-order valence-corrected chi connectivity index (χ2v) is 2.76. The summed E-state index contributed by atoms with van der Waals surface area (Å²) >= 11 is 3.98. The zero-order valence-corrected chi connectivity index (χ0v) is 6.45. The van der Waals surface area contributed by atoms with Crippen molar-refractivity contribution in [1.29, 1.82) is 0 Å². The van der Waals surface area contributed by atoms with E-state index in [2.05, 4.69) is 17.6 Å². The summed E-state index contributed by atoms with van der Waals surface area (Å²) in [6.07, 6.45) is 4.64. The van der Waals surface area contributed by atoms with Gasteiger partial charge in [-0.05, 0) is 6.92 Å². The van der Waals surface area contributed by atoms with Crippen molar-refractivity contribution < 1.29 is 4.79 Å². The molecule has 0 aliphatic carbocycles. The molecule has 0 aromatic carbocycles. The van der Waals surface area contributed by atoms with Gasteiger partial charge in [0, 0.05) is 12.4 Å². The van der Waals surface area contributed by atoms with Crippen LogP contribution in [0, 0.1) is 0 Å². The Hall–Kier alpha value is -0.770. The predicted octanol–water partition coefficient (Wildman–Crippen LogP) is 0.842. The van der Waals surface area contributed by atoms with Gasteiger partial charge in [0.1, 0.15) is 6.33 Å². The van der Waals surface area contributed by atoms with Crippen LogP contribution in [0.15, 0.2) is 18.7 Å². The van der Waals surface area contributed by atoms with Crippen LogP contribution < -0.4 is 0 Å². The van der Waals surface area contributed by atoms with E-state index >= 15 is 0 Å². The number of nitrogens with zero attached hydrogens (tertiary/aromatic N) is 2. The normalized spacial score (nSPS) is 13.0. The molecular weight excluding hydrogens is 148 g/mol. The Morgan fingerprint density at radius 1 is 1.80 bits per heavy atom. The van der Waals surface area contributed by atoms with Crippen LogP contribution in [0.5, 0.6) is 0 Å². The summed E-state index contributed by atoms with van der Waals surface area (Å²) in [4.78, 5) is 14.8. The Balaban J connectivity index is 2.78. The molecule has 3 nitrogen and oxygen atoms in total. The molecule has 10 heavy (non-hydrogen) atoms. The molecule has 0 spiro atoms. The maximum Gasteiger partial charge on any atom is 0.244 e. The van der Waals surface area contributed by atoms with E-state index in [4.69, 9.17) is 0 Å². The molecule has 0 fully saturated rings. The van der Waals surface area contributed by atoms with Gasteiger partial charge in [-0.2, -0.15) is 12.6 Å². The molecule has 0 aliphatic rings. The van der Waals surface area contributed by atoms with Gasteiger partial charge in [-0.3, -0.25) is 9.36 Å². The smallest absolute Gasteiger partial charge is 0.244 e. The number of thiol groups is 1. The molecule has 1 unspecified atom stereocenters. The van der Waals surface area contributed by atoms with Crippen LogP contribution in [0.3, 0.4) is 0 Å². The number of imidazole rings is 1. The Labute approximate surface area is 64.5 Å². The molecule has 1 aromatic heterocycles. The lowest BCUT2D eigenvalue weighted by atomic mass is 10.4.